The lowest BCUT2D eigenvalue weighted by molar-refractivity contribution is 0.0442. The molecule has 0 aliphatic carbocycles. The summed E-state index contributed by atoms with van der Waals surface area (Å²) in [6, 6.07) is 9.60. The van der Waals surface area contributed by atoms with Crippen LogP contribution in [-0.4, -0.2) is 29.0 Å². The largest absolute Gasteiger partial charge is 0.478 e. The molecule has 0 aromatic heterocycles. The first-order valence-electron chi connectivity index (χ1n) is 6.43. The molecule has 2 aromatic carbocycles. The number of rotatable bonds is 3. The third-order valence-electron chi connectivity index (χ3n) is 3.22. The van der Waals surface area contributed by atoms with Gasteiger partial charge in [0.25, 0.3) is 0 Å². The SMILES string of the molecule is O=C(O)c1ccccc1C(=O)Oc1cccc2c1C(=O)OC2=O. The molecular formula is C16H8O7. The zero-order valence-electron chi connectivity index (χ0n) is 11.4. The van der Waals surface area contributed by atoms with E-state index in [2.05, 4.69) is 4.74 Å². The van der Waals surface area contributed by atoms with Gasteiger partial charge in [0.2, 0.25) is 0 Å². The second-order valence-corrected chi connectivity index (χ2v) is 4.60. The predicted molar refractivity (Wildman–Crippen MR) is 74.5 cm³/mol. The highest BCUT2D eigenvalue weighted by molar-refractivity contribution is 6.16. The molecule has 3 rings (SSSR count). The van der Waals surface area contributed by atoms with Crippen LogP contribution in [0, 0.1) is 0 Å². The molecule has 0 radical (unpaired) electrons. The first-order valence-corrected chi connectivity index (χ1v) is 6.43. The number of benzene rings is 2. The average molecular weight is 312 g/mol. The number of hydrogen-bond acceptors (Lipinski definition) is 6. The van der Waals surface area contributed by atoms with Gasteiger partial charge in [-0.05, 0) is 24.3 Å². The van der Waals surface area contributed by atoms with E-state index in [4.69, 9.17) is 9.84 Å². The van der Waals surface area contributed by atoms with Crippen LogP contribution in [0.4, 0.5) is 0 Å². The molecule has 0 saturated carbocycles. The molecule has 1 aliphatic rings. The Morgan fingerprint density at radius 1 is 0.913 bits per heavy atom. The molecule has 1 N–H and O–H groups in total. The maximum atomic E-state index is 12.2. The fourth-order valence-electron chi connectivity index (χ4n) is 2.19. The lowest BCUT2D eigenvalue weighted by Gasteiger charge is -2.08. The molecule has 7 heteroatoms. The standard InChI is InChI=1S/C16H8O7/c17-13(18)8-4-1-2-5-9(8)14(19)22-11-7-3-6-10-12(11)16(21)23-15(10)20/h1-7H,(H,17,18). The topological polar surface area (TPSA) is 107 Å². The lowest BCUT2D eigenvalue weighted by atomic mass is 10.1. The minimum absolute atomic E-state index is 0.00757. The molecule has 1 heterocycles. The summed E-state index contributed by atoms with van der Waals surface area (Å²) >= 11 is 0. The molecule has 0 unspecified atom stereocenters. The Labute approximate surface area is 129 Å². The molecule has 0 fully saturated rings. The molecule has 0 atom stereocenters. The van der Waals surface area contributed by atoms with Crippen LogP contribution in [0.5, 0.6) is 5.75 Å². The van der Waals surface area contributed by atoms with Crippen molar-refractivity contribution in [1.29, 1.82) is 0 Å². The fourth-order valence-corrected chi connectivity index (χ4v) is 2.19. The first kappa shape index (κ1) is 14.5. The molecule has 0 spiro atoms. The van der Waals surface area contributed by atoms with E-state index in [0.717, 1.165) is 0 Å². The number of aromatic carboxylic acids is 1. The highest BCUT2D eigenvalue weighted by Crippen LogP contribution is 2.29. The highest BCUT2D eigenvalue weighted by atomic mass is 16.6. The van der Waals surface area contributed by atoms with Gasteiger partial charge in [-0.1, -0.05) is 18.2 Å². The van der Waals surface area contributed by atoms with Crippen LogP contribution in [0.3, 0.4) is 0 Å². The van der Waals surface area contributed by atoms with E-state index < -0.39 is 23.9 Å². The van der Waals surface area contributed by atoms with Crippen molar-refractivity contribution in [2.45, 2.75) is 0 Å². The molecule has 7 nitrogen and oxygen atoms in total. The van der Waals surface area contributed by atoms with E-state index in [9.17, 15) is 19.2 Å². The Morgan fingerprint density at radius 3 is 2.30 bits per heavy atom. The van der Waals surface area contributed by atoms with Gasteiger partial charge in [-0.2, -0.15) is 0 Å². The van der Waals surface area contributed by atoms with Gasteiger partial charge < -0.3 is 14.6 Å². The van der Waals surface area contributed by atoms with Crippen LogP contribution in [0.25, 0.3) is 0 Å². The summed E-state index contributed by atoms with van der Waals surface area (Å²) in [5, 5.41) is 9.09. The summed E-state index contributed by atoms with van der Waals surface area (Å²) in [7, 11) is 0. The van der Waals surface area contributed by atoms with Gasteiger partial charge in [-0.25, -0.2) is 19.2 Å². The normalized spacial score (nSPS) is 12.5. The number of carbonyl (C=O) groups is 4. The summed E-state index contributed by atoms with van der Waals surface area (Å²) < 4.78 is 9.56. The first-order chi connectivity index (χ1) is 11.0. The van der Waals surface area contributed by atoms with E-state index in [0.29, 0.717) is 0 Å². The number of carboxylic acids is 1. The Bertz CT molecular complexity index is 866. The Morgan fingerprint density at radius 2 is 1.61 bits per heavy atom. The molecule has 0 bridgehead atoms. The monoisotopic (exact) mass is 312 g/mol. The number of carbonyl (C=O) groups excluding carboxylic acids is 3. The second-order valence-electron chi connectivity index (χ2n) is 4.60. The third-order valence-corrected chi connectivity index (χ3v) is 3.22. The van der Waals surface area contributed by atoms with E-state index in [1.807, 2.05) is 0 Å². The number of hydrogen-bond donors (Lipinski definition) is 1. The van der Waals surface area contributed by atoms with Crippen LogP contribution in [0.1, 0.15) is 41.4 Å². The van der Waals surface area contributed by atoms with Crippen LogP contribution >= 0.6 is 0 Å². The molecule has 0 amide bonds. The van der Waals surface area contributed by atoms with Crippen LogP contribution in [-0.2, 0) is 4.74 Å². The number of ether oxygens (including phenoxy) is 2. The predicted octanol–water partition coefficient (Wildman–Crippen LogP) is 1.91. The van der Waals surface area contributed by atoms with Crippen molar-refractivity contribution in [2.24, 2.45) is 0 Å². The van der Waals surface area contributed by atoms with E-state index in [-0.39, 0.29) is 28.0 Å². The van der Waals surface area contributed by atoms with Crippen LogP contribution in [0.2, 0.25) is 0 Å². The molecule has 23 heavy (non-hydrogen) atoms. The number of carboxylic acid groups (broad SMARTS) is 1. The number of esters is 3. The smallest absolute Gasteiger partial charge is 0.350 e. The van der Waals surface area contributed by atoms with Crippen LogP contribution in [0.15, 0.2) is 42.5 Å². The number of fused-ring (bicyclic) bond motifs is 1. The summed E-state index contributed by atoms with van der Waals surface area (Å²) in [5.41, 5.74) is -0.565. The maximum absolute atomic E-state index is 12.2. The zero-order valence-corrected chi connectivity index (χ0v) is 11.4. The summed E-state index contributed by atoms with van der Waals surface area (Å²) in [4.78, 5) is 46.5. The quantitative estimate of drug-likeness (QED) is 0.524. The van der Waals surface area contributed by atoms with Crippen molar-refractivity contribution in [3.63, 3.8) is 0 Å². The number of cyclic esters (lactones) is 2. The van der Waals surface area contributed by atoms with E-state index >= 15 is 0 Å². The van der Waals surface area contributed by atoms with E-state index in [1.54, 1.807) is 0 Å². The lowest BCUT2D eigenvalue weighted by Crippen LogP contribution is -2.15. The van der Waals surface area contributed by atoms with E-state index in [1.165, 1.54) is 42.5 Å². The minimum atomic E-state index is -1.29. The minimum Gasteiger partial charge on any atom is -0.478 e. The summed E-state index contributed by atoms with van der Waals surface area (Å²) in [6.45, 7) is 0. The zero-order chi connectivity index (χ0) is 16.6. The highest BCUT2D eigenvalue weighted by Gasteiger charge is 2.34. The van der Waals surface area contributed by atoms with Gasteiger partial charge in [-0.15, -0.1) is 0 Å². The maximum Gasteiger partial charge on any atom is 0.350 e. The van der Waals surface area contributed by atoms with Crippen molar-refractivity contribution < 1.29 is 33.8 Å². The fraction of sp³-hybridized carbons (Fsp3) is 0. The molecule has 2 aromatic rings. The Kier molecular flexibility index (Phi) is 3.38. The summed E-state index contributed by atoms with van der Waals surface area (Å²) in [6.07, 6.45) is 0. The van der Waals surface area contributed by atoms with Gasteiger partial charge >= 0.3 is 23.9 Å². The van der Waals surface area contributed by atoms with Crippen LogP contribution < -0.4 is 4.74 Å². The summed E-state index contributed by atoms with van der Waals surface area (Å²) in [5.74, 6) is -4.15. The van der Waals surface area contributed by atoms with Gasteiger partial charge in [0.05, 0.1) is 16.7 Å². The molecule has 0 saturated heterocycles. The van der Waals surface area contributed by atoms with Crippen molar-refractivity contribution in [3.8, 4) is 5.75 Å². The van der Waals surface area contributed by atoms with Gasteiger partial charge in [0, 0.05) is 0 Å². The molecule has 114 valence electrons. The molecule has 1 aliphatic heterocycles. The van der Waals surface area contributed by atoms with Gasteiger partial charge in [0.1, 0.15) is 11.3 Å². The third kappa shape index (κ3) is 2.44. The van der Waals surface area contributed by atoms with Crippen molar-refractivity contribution >= 4 is 23.9 Å². The average Bonchev–Trinajstić information content (AvgIpc) is 2.83. The van der Waals surface area contributed by atoms with Crippen molar-refractivity contribution in [1.82, 2.24) is 0 Å². The van der Waals surface area contributed by atoms with Crippen molar-refractivity contribution in [3.05, 3.63) is 64.7 Å². The second kappa shape index (κ2) is 5.38. The Balaban J connectivity index is 1.99. The van der Waals surface area contributed by atoms with Gasteiger partial charge in [-0.3, -0.25) is 0 Å². The van der Waals surface area contributed by atoms with Crippen molar-refractivity contribution in [2.75, 3.05) is 0 Å². The Hall–Kier alpha value is -3.48. The van der Waals surface area contributed by atoms with Gasteiger partial charge in [0.15, 0.2) is 0 Å². The molecular weight excluding hydrogens is 304 g/mol.